The number of nitrogens with zero attached hydrogens (tertiary/aromatic N) is 1. The van der Waals surface area contributed by atoms with Gasteiger partial charge in [-0.2, -0.15) is 0 Å². The Balaban J connectivity index is 2.48. The summed E-state index contributed by atoms with van der Waals surface area (Å²) in [7, 11) is 0. The number of pyridine rings is 1. The molecule has 0 saturated heterocycles. The molecule has 1 unspecified atom stereocenters. The number of nitrogens with one attached hydrogen (secondary N) is 1. The fourth-order valence-electron chi connectivity index (χ4n) is 1.93. The Morgan fingerprint density at radius 1 is 1.37 bits per heavy atom. The third-order valence-corrected chi connectivity index (χ3v) is 3.95. The van der Waals surface area contributed by atoms with Crippen molar-refractivity contribution in [2.45, 2.75) is 13.0 Å². The van der Waals surface area contributed by atoms with Gasteiger partial charge in [0, 0.05) is 14.8 Å². The largest absolute Gasteiger partial charge is 0.306 e. The van der Waals surface area contributed by atoms with Gasteiger partial charge >= 0.3 is 0 Å². The van der Waals surface area contributed by atoms with Crippen molar-refractivity contribution in [1.29, 1.82) is 0 Å². The van der Waals surface area contributed by atoms with Crippen LogP contribution in [0.3, 0.4) is 0 Å². The van der Waals surface area contributed by atoms with E-state index in [-0.39, 0.29) is 11.9 Å². The predicted octanol–water partition coefficient (Wildman–Crippen LogP) is 4.18. The first-order chi connectivity index (χ1) is 9.11. The van der Waals surface area contributed by atoms with Crippen molar-refractivity contribution in [2.75, 3.05) is 6.54 Å². The molecule has 0 aliphatic heterocycles. The molecule has 1 heterocycles. The van der Waals surface area contributed by atoms with E-state index in [1.165, 1.54) is 12.3 Å². The molecule has 2 nitrogen and oxygen atoms in total. The van der Waals surface area contributed by atoms with Crippen LogP contribution in [0.1, 0.15) is 24.1 Å². The summed E-state index contributed by atoms with van der Waals surface area (Å²) < 4.78 is 14.4. The zero-order valence-electron chi connectivity index (χ0n) is 10.3. The molecule has 0 radical (unpaired) electrons. The quantitative estimate of drug-likeness (QED) is 0.792. The Labute approximate surface area is 130 Å². The molecule has 0 amide bonds. The maximum absolute atomic E-state index is 13.3. The van der Waals surface area contributed by atoms with Crippen LogP contribution in [-0.4, -0.2) is 11.5 Å². The van der Waals surface area contributed by atoms with Crippen LogP contribution >= 0.6 is 34.2 Å². The van der Waals surface area contributed by atoms with E-state index in [1.807, 2.05) is 25.1 Å². The molecule has 2 rings (SSSR count). The van der Waals surface area contributed by atoms with Crippen molar-refractivity contribution in [2.24, 2.45) is 0 Å². The number of rotatable bonds is 4. The first kappa shape index (κ1) is 14.7. The smallest absolute Gasteiger partial charge is 0.141 e. The van der Waals surface area contributed by atoms with Crippen molar-refractivity contribution in [1.82, 2.24) is 10.3 Å². The maximum Gasteiger partial charge on any atom is 0.141 e. The molecule has 1 N–H and O–H groups in total. The third kappa shape index (κ3) is 3.64. The molecule has 0 fully saturated rings. The Morgan fingerprint density at radius 2 is 2.16 bits per heavy atom. The highest BCUT2D eigenvalue weighted by atomic mass is 127. The SMILES string of the molecule is CCNC(c1cncc(F)c1)c1cc(Cl)ccc1I. The molecule has 0 aliphatic rings. The molecule has 2 aromatic rings. The molecular formula is C14H13ClFIN2. The number of hydrogen-bond acceptors (Lipinski definition) is 2. The molecular weight excluding hydrogens is 378 g/mol. The van der Waals surface area contributed by atoms with E-state index >= 15 is 0 Å². The lowest BCUT2D eigenvalue weighted by Crippen LogP contribution is -2.23. The highest BCUT2D eigenvalue weighted by Crippen LogP contribution is 2.28. The van der Waals surface area contributed by atoms with E-state index in [2.05, 4.69) is 32.9 Å². The minimum absolute atomic E-state index is 0.112. The molecule has 1 aromatic carbocycles. The lowest BCUT2D eigenvalue weighted by atomic mass is 10.00. The minimum atomic E-state index is -0.336. The van der Waals surface area contributed by atoms with Gasteiger partial charge in [-0.05, 0) is 64.5 Å². The summed E-state index contributed by atoms with van der Waals surface area (Å²) in [5.41, 5.74) is 1.82. The number of halogens is 3. The van der Waals surface area contributed by atoms with Gasteiger partial charge in [0.1, 0.15) is 5.82 Å². The minimum Gasteiger partial charge on any atom is -0.306 e. The molecule has 19 heavy (non-hydrogen) atoms. The highest BCUT2D eigenvalue weighted by molar-refractivity contribution is 14.1. The van der Waals surface area contributed by atoms with E-state index in [0.29, 0.717) is 5.02 Å². The second-order valence-corrected chi connectivity index (χ2v) is 5.69. The van der Waals surface area contributed by atoms with E-state index in [1.54, 1.807) is 6.20 Å². The summed E-state index contributed by atoms with van der Waals surface area (Å²) in [6.07, 6.45) is 2.88. The lowest BCUT2D eigenvalue weighted by Gasteiger charge is -2.20. The van der Waals surface area contributed by atoms with Gasteiger partial charge in [0.2, 0.25) is 0 Å². The third-order valence-electron chi connectivity index (χ3n) is 2.74. The number of hydrogen-bond donors (Lipinski definition) is 1. The van der Waals surface area contributed by atoms with Crippen molar-refractivity contribution >= 4 is 34.2 Å². The Kier molecular flexibility index (Phi) is 5.13. The molecule has 0 saturated carbocycles. The maximum atomic E-state index is 13.3. The summed E-state index contributed by atoms with van der Waals surface area (Å²) in [6.45, 7) is 2.78. The van der Waals surface area contributed by atoms with E-state index < -0.39 is 0 Å². The van der Waals surface area contributed by atoms with Crippen molar-refractivity contribution in [3.63, 3.8) is 0 Å². The van der Waals surface area contributed by atoms with Gasteiger partial charge in [-0.3, -0.25) is 4.98 Å². The summed E-state index contributed by atoms with van der Waals surface area (Å²) in [6, 6.07) is 7.09. The van der Waals surface area contributed by atoms with Gasteiger partial charge in [-0.25, -0.2) is 4.39 Å². The van der Waals surface area contributed by atoms with Gasteiger partial charge in [0.25, 0.3) is 0 Å². The normalized spacial score (nSPS) is 12.4. The average Bonchev–Trinajstić information content (AvgIpc) is 2.39. The molecule has 0 bridgehead atoms. The molecule has 0 spiro atoms. The summed E-state index contributed by atoms with van der Waals surface area (Å²) in [5.74, 6) is -0.336. The van der Waals surface area contributed by atoms with Crippen molar-refractivity contribution in [3.05, 3.63) is 62.2 Å². The summed E-state index contributed by atoms with van der Waals surface area (Å²) >= 11 is 8.31. The topological polar surface area (TPSA) is 24.9 Å². The van der Waals surface area contributed by atoms with Gasteiger partial charge in [-0.1, -0.05) is 18.5 Å². The van der Waals surface area contributed by atoms with Gasteiger partial charge < -0.3 is 5.32 Å². The monoisotopic (exact) mass is 390 g/mol. The molecule has 0 aliphatic carbocycles. The second kappa shape index (κ2) is 6.63. The van der Waals surface area contributed by atoms with Gasteiger partial charge in [0.15, 0.2) is 0 Å². The zero-order valence-corrected chi connectivity index (χ0v) is 13.2. The van der Waals surface area contributed by atoms with Crippen LogP contribution < -0.4 is 5.32 Å². The zero-order chi connectivity index (χ0) is 13.8. The van der Waals surface area contributed by atoms with E-state index in [0.717, 1.165) is 21.2 Å². The average molecular weight is 391 g/mol. The first-order valence-electron chi connectivity index (χ1n) is 5.90. The van der Waals surface area contributed by atoms with Gasteiger partial charge in [0.05, 0.1) is 12.2 Å². The second-order valence-electron chi connectivity index (χ2n) is 4.09. The Morgan fingerprint density at radius 3 is 2.84 bits per heavy atom. The van der Waals surface area contributed by atoms with Crippen LogP contribution in [0.25, 0.3) is 0 Å². The first-order valence-corrected chi connectivity index (χ1v) is 7.36. The fraction of sp³-hybridized carbons (Fsp3) is 0.214. The highest BCUT2D eigenvalue weighted by Gasteiger charge is 2.17. The lowest BCUT2D eigenvalue weighted by molar-refractivity contribution is 0.595. The standard InChI is InChI=1S/C14H13ClFIN2/c1-2-19-14(9-5-11(16)8-18-7-9)12-6-10(15)3-4-13(12)17/h3-8,14,19H,2H2,1H3. The summed E-state index contributed by atoms with van der Waals surface area (Å²) in [5, 5.41) is 4.01. The summed E-state index contributed by atoms with van der Waals surface area (Å²) in [4.78, 5) is 3.91. The molecule has 5 heteroatoms. The Hall–Kier alpha value is -0.720. The molecule has 1 aromatic heterocycles. The fourth-order valence-corrected chi connectivity index (χ4v) is 2.76. The van der Waals surface area contributed by atoms with Gasteiger partial charge in [-0.15, -0.1) is 0 Å². The predicted molar refractivity (Wildman–Crippen MR) is 83.9 cm³/mol. The van der Waals surface area contributed by atoms with Crippen LogP contribution in [0.15, 0.2) is 36.7 Å². The Bertz CT molecular complexity index is 577. The van der Waals surface area contributed by atoms with Crippen LogP contribution in [0.5, 0.6) is 0 Å². The number of benzene rings is 1. The van der Waals surface area contributed by atoms with Crippen LogP contribution in [0.2, 0.25) is 5.02 Å². The van der Waals surface area contributed by atoms with Crippen LogP contribution in [0, 0.1) is 9.39 Å². The van der Waals surface area contributed by atoms with Crippen molar-refractivity contribution in [3.8, 4) is 0 Å². The molecule has 1 atom stereocenters. The van der Waals surface area contributed by atoms with Crippen molar-refractivity contribution < 1.29 is 4.39 Å². The van der Waals surface area contributed by atoms with E-state index in [4.69, 9.17) is 11.6 Å². The van der Waals surface area contributed by atoms with Crippen LogP contribution in [-0.2, 0) is 0 Å². The number of aromatic nitrogens is 1. The molecule has 100 valence electrons. The van der Waals surface area contributed by atoms with Crippen LogP contribution in [0.4, 0.5) is 4.39 Å². The van der Waals surface area contributed by atoms with E-state index in [9.17, 15) is 4.39 Å².